The van der Waals surface area contributed by atoms with E-state index in [1.165, 1.54) is 16.7 Å². The molecule has 0 saturated heterocycles. The van der Waals surface area contributed by atoms with Gasteiger partial charge >= 0.3 is 0 Å². The summed E-state index contributed by atoms with van der Waals surface area (Å²) < 4.78 is 4.25. The Balaban J connectivity index is -0.000000242. The van der Waals surface area contributed by atoms with Crippen molar-refractivity contribution in [2.45, 2.75) is 48.5 Å². The van der Waals surface area contributed by atoms with Crippen molar-refractivity contribution in [1.29, 1.82) is 0 Å². The fraction of sp³-hybridized carbons (Fsp3) is 0.429. The topological polar surface area (TPSA) is 9.23 Å². The number of ether oxygens (including phenoxy) is 1. The lowest BCUT2D eigenvalue weighted by atomic mass is 10.1. The van der Waals surface area contributed by atoms with Crippen LogP contribution in [0.5, 0.6) is 0 Å². The maximum absolute atomic E-state index is 4.25. The molecule has 0 fully saturated rings. The zero-order valence-corrected chi connectivity index (χ0v) is 16.1. The summed E-state index contributed by atoms with van der Waals surface area (Å²) in [7, 11) is 3.25. The van der Waals surface area contributed by atoms with Gasteiger partial charge in [0.1, 0.15) is 0 Å². The van der Waals surface area contributed by atoms with E-state index in [1.807, 2.05) is 64.1 Å². The Morgan fingerprint density at radius 3 is 0.955 bits per heavy atom. The summed E-state index contributed by atoms with van der Waals surface area (Å²) >= 11 is 0. The lowest BCUT2D eigenvalue weighted by molar-refractivity contribution is 0.277. The first-order valence-corrected chi connectivity index (χ1v) is 8.06. The molecule has 0 unspecified atom stereocenters. The van der Waals surface area contributed by atoms with E-state index in [9.17, 15) is 0 Å². The molecule has 2 rings (SSSR count). The average Bonchev–Trinajstić information content (AvgIpc) is 2.59. The van der Waals surface area contributed by atoms with Crippen LogP contribution in [0.1, 0.15) is 44.4 Å². The Bertz CT molecular complexity index is 361. The van der Waals surface area contributed by atoms with Gasteiger partial charge in [0.2, 0.25) is 0 Å². The van der Waals surface area contributed by atoms with Crippen LogP contribution in [0, 0.1) is 20.8 Å². The molecule has 0 atom stereocenters. The second kappa shape index (κ2) is 21.7. The van der Waals surface area contributed by atoms with Gasteiger partial charge in [-0.15, -0.1) is 0 Å². The Kier molecular flexibility index (Phi) is 25.0. The normalized spacial score (nSPS) is 7.50. The summed E-state index contributed by atoms with van der Waals surface area (Å²) in [5.74, 6) is 0. The Morgan fingerprint density at radius 1 is 0.545 bits per heavy atom. The molecule has 0 spiro atoms. The van der Waals surface area contributed by atoms with Crippen molar-refractivity contribution < 1.29 is 4.74 Å². The van der Waals surface area contributed by atoms with Crippen LogP contribution in [-0.2, 0) is 4.74 Å². The molecule has 0 heterocycles. The van der Waals surface area contributed by atoms with E-state index in [0.717, 1.165) is 0 Å². The summed E-state index contributed by atoms with van der Waals surface area (Å²) in [6, 6.07) is 18.4. The molecule has 2 aromatic rings. The van der Waals surface area contributed by atoms with Gasteiger partial charge < -0.3 is 4.74 Å². The van der Waals surface area contributed by atoms with Crippen LogP contribution in [-0.4, -0.2) is 14.2 Å². The minimum absolute atomic E-state index is 1.38. The largest absolute Gasteiger partial charge is 0.388 e. The Labute approximate surface area is 139 Å². The van der Waals surface area contributed by atoms with Gasteiger partial charge in [-0.1, -0.05) is 82.3 Å². The predicted octanol–water partition coefficient (Wildman–Crippen LogP) is 6.61. The number of hydrogen-bond acceptors (Lipinski definition) is 1. The first-order chi connectivity index (χ1) is 10.6. The van der Waals surface area contributed by atoms with Crippen LogP contribution in [0.15, 0.2) is 54.6 Å². The monoisotopic (exact) mass is 304 g/mol. The Morgan fingerprint density at radius 2 is 0.773 bits per heavy atom. The SMILES string of the molecule is CC.CC.COC.Cc1cccc(C)c1C.c1ccccc1. The summed E-state index contributed by atoms with van der Waals surface area (Å²) in [5.41, 5.74) is 4.18. The van der Waals surface area contributed by atoms with Crippen molar-refractivity contribution in [3.05, 3.63) is 71.3 Å². The van der Waals surface area contributed by atoms with Crippen molar-refractivity contribution in [1.82, 2.24) is 0 Å². The van der Waals surface area contributed by atoms with Gasteiger partial charge in [-0.25, -0.2) is 0 Å². The van der Waals surface area contributed by atoms with Gasteiger partial charge in [-0.05, 0) is 37.5 Å². The zero-order chi connectivity index (χ0) is 17.8. The van der Waals surface area contributed by atoms with E-state index >= 15 is 0 Å². The molecule has 0 bridgehead atoms. The molecule has 0 N–H and O–H groups in total. The molecule has 0 aliphatic rings. The first-order valence-electron chi connectivity index (χ1n) is 8.06. The highest BCUT2D eigenvalue weighted by Crippen LogP contribution is 2.09. The molecule has 2 aromatic carbocycles. The van der Waals surface area contributed by atoms with Crippen LogP contribution in [0.2, 0.25) is 0 Å². The highest BCUT2D eigenvalue weighted by molar-refractivity contribution is 5.31. The molecule has 1 nitrogen and oxygen atoms in total. The molecule has 0 radical (unpaired) electrons. The van der Waals surface area contributed by atoms with E-state index < -0.39 is 0 Å². The lowest BCUT2D eigenvalue weighted by Crippen LogP contribution is -1.82. The van der Waals surface area contributed by atoms with E-state index in [2.05, 4.69) is 43.7 Å². The number of methoxy groups -OCH3 is 1. The van der Waals surface area contributed by atoms with Crippen molar-refractivity contribution in [2.24, 2.45) is 0 Å². The third kappa shape index (κ3) is 16.5. The lowest BCUT2D eigenvalue weighted by Gasteiger charge is -2.00. The number of hydrogen-bond donors (Lipinski definition) is 0. The first kappa shape index (κ1) is 25.4. The average molecular weight is 305 g/mol. The van der Waals surface area contributed by atoms with E-state index in [-0.39, 0.29) is 0 Å². The fourth-order valence-electron chi connectivity index (χ4n) is 1.28. The molecular formula is C21H36O. The van der Waals surface area contributed by atoms with Gasteiger partial charge in [0.05, 0.1) is 0 Å². The smallest absolute Gasteiger partial charge is 0.0351 e. The van der Waals surface area contributed by atoms with Crippen LogP contribution in [0.3, 0.4) is 0 Å². The van der Waals surface area contributed by atoms with Crippen molar-refractivity contribution in [3.63, 3.8) is 0 Å². The molecule has 0 aromatic heterocycles. The predicted molar refractivity (Wildman–Crippen MR) is 103 cm³/mol. The number of aryl methyl sites for hydroxylation is 2. The van der Waals surface area contributed by atoms with Crippen LogP contribution >= 0.6 is 0 Å². The third-order valence-corrected chi connectivity index (χ3v) is 2.54. The van der Waals surface area contributed by atoms with Crippen LogP contribution < -0.4 is 0 Å². The Hall–Kier alpha value is -1.60. The molecule has 22 heavy (non-hydrogen) atoms. The van der Waals surface area contributed by atoms with Crippen LogP contribution in [0.4, 0.5) is 0 Å². The molecule has 0 amide bonds. The van der Waals surface area contributed by atoms with Crippen molar-refractivity contribution in [2.75, 3.05) is 14.2 Å². The third-order valence-electron chi connectivity index (χ3n) is 2.54. The quantitative estimate of drug-likeness (QED) is 0.532. The van der Waals surface area contributed by atoms with E-state index in [0.29, 0.717) is 0 Å². The van der Waals surface area contributed by atoms with Crippen LogP contribution in [0.25, 0.3) is 0 Å². The zero-order valence-electron chi connectivity index (χ0n) is 16.1. The summed E-state index contributed by atoms with van der Waals surface area (Å²) in [6.45, 7) is 14.4. The van der Waals surface area contributed by atoms with Gasteiger partial charge in [-0.2, -0.15) is 0 Å². The van der Waals surface area contributed by atoms with Crippen molar-refractivity contribution in [3.8, 4) is 0 Å². The van der Waals surface area contributed by atoms with Gasteiger partial charge in [0.25, 0.3) is 0 Å². The number of rotatable bonds is 0. The minimum Gasteiger partial charge on any atom is -0.388 e. The van der Waals surface area contributed by atoms with E-state index in [4.69, 9.17) is 0 Å². The standard InChI is InChI=1S/C9H12.C6H6.C2H6O.2C2H6/c1-7-5-4-6-8(2)9(7)3;1-2-4-6-5-3-1;1-3-2;2*1-2/h4-6H,1-3H3;1-6H;1-2H3;2*1-2H3. The fourth-order valence-corrected chi connectivity index (χ4v) is 1.28. The molecule has 1 heteroatoms. The molecule has 0 saturated carbocycles. The van der Waals surface area contributed by atoms with Gasteiger partial charge in [0.15, 0.2) is 0 Å². The van der Waals surface area contributed by atoms with E-state index in [1.54, 1.807) is 14.2 Å². The molecule has 0 aliphatic carbocycles. The van der Waals surface area contributed by atoms with Gasteiger partial charge in [-0.3, -0.25) is 0 Å². The highest BCUT2D eigenvalue weighted by atomic mass is 16.4. The minimum atomic E-state index is 1.38. The summed E-state index contributed by atoms with van der Waals surface area (Å²) in [4.78, 5) is 0. The molecular weight excluding hydrogens is 268 g/mol. The van der Waals surface area contributed by atoms with Gasteiger partial charge in [0, 0.05) is 14.2 Å². The molecule has 126 valence electrons. The molecule has 0 aliphatic heterocycles. The van der Waals surface area contributed by atoms with Crippen molar-refractivity contribution >= 4 is 0 Å². The number of benzene rings is 2. The maximum atomic E-state index is 4.25. The second-order valence-corrected chi connectivity index (χ2v) is 4.08. The summed E-state index contributed by atoms with van der Waals surface area (Å²) in [6.07, 6.45) is 0. The highest BCUT2D eigenvalue weighted by Gasteiger charge is 1.91. The second-order valence-electron chi connectivity index (χ2n) is 4.08. The summed E-state index contributed by atoms with van der Waals surface area (Å²) in [5, 5.41) is 0. The maximum Gasteiger partial charge on any atom is 0.0351 e.